The minimum atomic E-state index is -0.913. The third kappa shape index (κ3) is 21.4. The molecule has 0 aromatic rings. The van der Waals surface area contributed by atoms with E-state index in [-0.39, 0.29) is 12.8 Å². The van der Waals surface area contributed by atoms with Crippen LogP contribution in [-0.4, -0.2) is 46.2 Å². The maximum atomic E-state index is 11.9. The summed E-state index contributed by atoms with van der Waals surface area (Å²) in [6.07, 6.45) is 25.3. The van der Waals surface area contributed by atoms with E-state index in [1.165, 1.54) is 103 Å². The summed E-state index contributed by atoms with van der Waals surface area (Å²) in [5.74, 6) is -1.79. The van der Waals surface area contributed by atoms with Gasteiger partial charge >= 0.3 is 11.9 Å². The van der Waals surface area contributed by atoms with Crippen LogP contribution in [0, 0.1) is 0 Å². The van der Waals surface area contributed by atoms with E-state index >= 15 is 0 Å². The fourth-order valence-corrected chi connectivity index (χ4v) is 4.75. The van der Waals surface area contributed by atoms with Crippen LogP contribution in [0.3, 0.4) is 0 Å². The highest BCUT2D eigenvalue weighted by Gasteiger charge is 2.25. The van der Waals surface area contributed by atoms with Crippen molar-refractivity contribution in [3.05, 3.63) is 0 Å². The number of hydrogen-bond donors (Lipinski definition) is 2. The van der Waals surface area contributed by atoms with E-state index in [0.29, 0.717) is 0 Å². The molecule has 0 spiro atoms. The molecule has 1 atom stereocenters. The van der Waals surface area contributed by atoms with Gasteiger partial charge in [0.1, 0.15) is 6.04 Å². The zero-order valence-electron chi connectivity index (χ0n) is 22.7. The number of aliphatic carboxylic acids is 2. The van der Waals surface area contributed by atoms with Gasteiger partial charge in [0.15, 0.2) is 0 Å². The molecule has 34 heavy (non-hydrogen) atoms. The van der Waals surface area contributed by atoms with Crippen molar-refractivity contribution in [3.8, 4) is 0 Å². The van der Waals surface area contributed by atoms with Crippen LogP contribution in [0.15, 0.2) is 0 Å². The molecule has 0 bridgehead atoms. The molecule has 0 aliphatic carbocycles. The summed E-state index contributed by atoms with van der Waals surface area (Å²) in [6, 6.07) is -0.673. The summed E-state index contributed by atoms with van der Waals surface area (Å²) < 4.78 is 0. The van der Waals surface area contributed by atoms with E-state index in [1.807, 2.05) is 0 Å². The molecule has 2 N–H and O–H groups in total. The maximum Gasteiger partial charge on any atom is 0.320 e. The minimum Gasteiger partial charge on any atom is -0.481 e. The lowest BCUT2D eigenvalue weighted by Crippen LogP contribution is -2.42. The van der Waals surface area contributed by atoms with Crippen molar-refractivity contribution >= 4 is 11.9 Å². The molecule has 0 aromatic heterocycles. The fourth-order valence-electron chi connectivity index (χ4n) is 4.75. The molecular formula is C29H57NO4. The highest BCUT2D eigenvalue weighted by molar-refractivity contribution is 5.75. The van der Waals surface area contributed by atoms with E-state index in [4.69, 9.17) is 5.11 Å². The molecule has 0 aliphatic heterocycles. The van der Waals surface area contributed by atoms with Crippen molar-refractivity contribution in [2.45, 2.75) is 161 Å². The van der Waals surface area contributed by atoms with Gasteiger partial charge in [-0.05, 0) is 32.4 Å². The lowest BCUT2D eigenvalue weighted by atomic mass is 10.0. The minimum absolute atomic E-state index is 0.0798. The van der Waals surface area contributed by atoms with E-state index in [1.54, 1.807) is 0 Å². The van der Waals surface area contributed by atoms with Crippen molar-refractivity contribution in [3.63, 3.8) is 0 Å². The van der Waals surface area contributed by atoms with Gasteiger partial charge in [0.05, 0.1) is 0 Å². The number of carbonyl (C=O) groups is 2. The molecule has 0 aliphatic rings. The number of nitrogens with zero attached hydrogens (tertiary/aromatic N) is 1. The SMILES string of the molecule is CCCCCCCCCCCCN(CCCCCCCCCCCC)[C@@H](CCC(=O)O)C(=O)O. The molecule has 0 amide bonds. The molecule has 0 radical (unpaired) electrons. The first-order valence-electron chi connectivity index (χ1n) is 14.7. The molecule has 0 rings (SSSR count). The average Bonchev–Trinajstić information content (AvgIpc) is 2.80. The Bertz CT molecular complexity index is 445. The third-order valence-corrected chi connectivity index (χ3v) is 6.96. The van der Waals surface area contributed by atoms with Gasteiger partial charge in [-0.1, -0.05) is 129 Å². The number of carboxylic acid groups (broad SMARTS) is 2. The third-order valence-electron chi connectivity index (χ3n) is 6.96. The van der Waals surface area contributed by atoms with Gasteiger partial charge in [-0.25, -0.2) is 0 Å². The van der Waals surface area contributed by atoms with Gasteiger partial charge < -0.3 is 10.2 Å². The average molecular weight is 484 g/mol. The molecule has 5 heteroatoms. The first-order valence-corrected chi connectivity index (χ1v) is 14.7. The fraction of sp³-hybridized carbons (Fsp3) is 0.931. The van der Waals surface area contributed by atoms with E-state index < -0.39 is 18.0 Å². The van der Waals surface area contributed by atoms with Crippen molar-refractivity contribution in [2.24, 2.45) is 0 Å². The molecule has 0 fully saturated rings. The quantitative estimate of drug-likeness (QED) is 0.115. The highest BCUT2D eigenvalue weighted by atomic mass is 16.4. The molecule has 0 unspecified atom stereocenters. The lowest BCUT2D eigenvalue weighted by Gasteiger charge is -2.28. The topological polar surface area (TPSA) is 77.8 Å². The Hall–Kier alpha value is -1.10. The standard InChI is InChI=1S/C29H57NO4/c1-3-5-7-9-11-13-15-17-19-21-25-30(27(29(33)34)23-24-28(31)32)26-22-20-18-16-14-12-10-8-6-4-2/h27H,3-26H2,1-2H3,(H,31,32)(H,33,34)/t27-/m0/s1. The van der Waals surface area contributed by atoms with Crippen LogP contribution in [0.25, 0.3) is 0 Å². The van der Waals surface area contributed by atoms with E-state index in [9.17, 15) is 14.7 Å². The molecule has 202 valence electrons. The van der Waals surface area contributed by atoms with Gasteiger partial charge in [-0.3, -0.25) is 14.5 Å². The van der Waals surface area contributed by atoms with Gasteiger partial charge in [0.25, 0.3) is 0 Å². The van der Waals surface area contributed by atoms with Crippen LogP contribution in [0.5, 0.6) is 0 Å². The first kappa shape index (κ1) is 32.9. The van der Waals surface area contributed by atoms with Crippen LogP contribution in [0.1, 0.15) is 155 Å². The number of hydrogen-bond acceptors (Lipinski definition) is 3. The number of unbranched alkanes of at least 4 members (excludes halogenated alkanes) is 18. The summed E-state index contributed by atoms with van der Waals surface area (Å²) in [5, 5.41) is 18.8. The smallest absolute Gasteiger partial charge is 0.320 e. The van der Waals surface area contributed by atoms with E-state index in [0.717, 1.165) is 38.8 Å². The van der Waals surface area contributed by atoms with Gasteiger partial charge in [-0.15, -0.1) is 0 Å². The Morgan fingerprint density at radius 2 is 0.882 bits per heavy atom. The Balaban J connectivity index is 4.22. The second-order valence-corrected chi connectivity index (χ2v) is 10.2. The second-order valence-electron chi connectivity index (χ2n) is 10.2. The van der Waals surface area contributed by atoms with Crippen LogP contribution in [0.2, 0.25) is 0 Å². The van der Waals surface area contributed by atoms with Crippen LogP contribution in [0.4, 0.5) is 0 Å². The molecule has 0 heterocycles. The maximum absolute atomic E-state index is 11.9. The van der Waals surface area contributed by atoms with Crippen molar-refractivity contribution in [1.82, 2.24) is 4.90 Å². The first-order chi connectivity index (χ1) is 16.5. The van der Waals surface area contributed by atoms with Crippen molar-refractivity contribution in [1.29, 1.82) is 0 Å². The molecule has 0 saturated carbocycles. The predicted molar refractivity (Wildman–Crippen MR) is 144 cm³/mol. The predicted octanol–water partition coefficient (Wildman–Crippen LogP) is 8.45. The second kappa shape index (κ2) is 25.0. The van der Waals surface area contributed by atoms with Gasteiger partial charge in [-0.2, -0.15) is 0 Å². The Morgan fingerprint density at radius 3 is 1.18 bits per heavy atom. The Kier molecular flexibility index (Phi) is 24.2. The zero-order valence-corrected chi connectivity index (χ0v) is 22.7. The number of carboxylic acids is 2. The monoisotopic (exact) mass is 483 g/mol. The van der Waals surface area contributed by atoms with Crippen molar-refractivity contribution < 1.29 is 19.8 Å². The largest absolute Gasteiger partial charge is 0.481 e. The van der Waals surface area contributed by atoms with E-state index in [2.05, 4.69) is 18.7 Å². The van der Waals surface area contributed by atoms with Crippen molar-refractivity contribution in [2.75, 3.05) is 13.1 Å². The lowest BCUT2D eigenvalue weighted by molar-refractivity contribution is -0.144. The normalized spacial score (nSPS) is 12.3. The summed E-state index contributed by atoms with van der Waals surface area (Å²) in [5.41, 5.74) is 0. The van der Waals surface area contributed by atoms with Gasteiger partial charge in [0, 0.05) is 6.42 Å². The molecular weight excluding hydrogens is 426 g/mol. The zero-order chi connectivity index (χ0) is 25.3. The van der Waals surface area contributed by atoms with Crippen LogP contribution >= 0.6 is 0 Å². The summed E-state index contributed by atoms with van der Waals surface area (Å²) in [4.78, 5) is 25.0. The summed E-state index contributed by atoms with van der Waals surface area (Å²) >= 11 is 0. The highest BCUT2D eigenvalue weighted by Crippen LogP contribution is 2.16. The summed E-state index contributed by atoms with van der Waals surface area (Å²) in [7, 11) is 0. The molecule has 0 aromatic carbocycles. The van der Waals surface area contributed by atoms with Crippen LogP contribution in [-0.2, 0) is 9.59 Å². The summed E-state index contributed by atoms with van der Waals surface area (Å²) in [6.45, 7) is 6.03. The molecule has 5 nitrogen and oxygen atoms in total. The van der Waals surface area contributed by atoms with Crippen LogP contribution < -0.4 is 0 Å². The molecule has 0 saturated heterocycles. The Morgan fingerprint density at radius 1 is 0.559 bits per heavy atom. The Labute approximate surface area is 211 Å². The van der Waals surface area contributed by atoms with Gasteiger partial charge in [0.2, 0.25) is 0 Å². The number of rotatable bonds is 27.